The number of benzene rings is 7. The van der Waals surface area contributed by atoms with Crippen molar-refractivity contribution in [3.05, 3.63) is 205 Å². The van der Waals surface area contributed by atoms with Crippen molar-refractivity contribution < 1.29 is 0 Å². The van der Waals surface area contributed by atoms with Crippen LogP contribution in [0.4, 0.5) is 11.4 Å². The van der Waals surface area contributed by atoms with Gasteiger partial charge in [0.1, 0.15) is 0 Å². The van der Waals surface area contributed by atoms with Crippen LogP contribution >= 0.6 is 0 Å². The third-order valence-corrected chi connectivity index (χ3v) is 10.5. The Labute approximate surface area is 292 Å². The van der Waals surface area contributed by atoms with Gasteiger partial charge in [0.2, 0.25) is 0 Å². The van der Waals surface area contributed by atoms with Gasteiger partial charge in [0, 0.05) is 28.4 Å². The summed E-state index contributed by atoms with van der Waals surface area (Å²) in [5.74, 6) is 0.205. The van der Waals surface area contributed by atoms with Crippen molar-refractivity contribution in [2.75, 3.05) is 4.90 Å². The van der Waals surface area contributed by atoms with Gasteiger partial charge in [-0.2, -0.15) is 0 Å². The zero-order chi connectivity index (χ0) is 33.0. The maximum absolute atomic E-state index is 2.55. The van der Waals surface area contributed by atoms with Crippen molar-refractivity contribution in [1.82, 2.24) is 4.57 Å². The van der Waals surface area contributed by atoms with Crippen LogP contribution in [0.2, 0.25) is 0 Å². The highest BCUT2D eigenvalue weighted by molar-refractivity contribution is 5.94. The summed E-state index contributed by atoms with van der Waals surface area (Å²) >= 11 is 0. The van der Waals surface area contributed by atoms with E-state index in [1.54, 1.807) is 0 Å². The van der Waals surface area contributed by atoms with Crippen LogP contribution in [0, 0.1) is 0 Å². The van der Waals surface area contributed by atoms with Gasteiger partial charge >= 0.3 is 0 Å². The maximum Gasteiger partial charge on any atom is 0.0637 e. The van der Waals surface area contributed by atoms with Crippen LogP contribution in [0.3, 0.4) is 0 Å². The van der Waals surface area contributed by atoms with E-state index in [2.05, 4.69) is 204 Å². The van der Waals surface area contributed by atoms with Crippen molar-refractivity contribution in [3.8, 4) is 39.1 Å². The minimum absolute atomic E-state index is 0.169. The van der Waals surface area contributed by atoms with Gasteiger partial charge < -0.3 is 9.47 Å². The quantitative estimate of drug-likeness (QED) is 0.182. The molecule has 2 aliphatic rings. The van der Waals surface area contributed by atoms with Crippen molar-refractivity contribution >= 4 is 28.4 Å². The van der Waals surface area contributed by atoms with Crippen molar-refractivity contribution in [2.45, 2.75) is 12.0 Å². The third kappa shape index (κ3) is 4.57. The van der Waals surface area contributed by atoms with Crippen LogP contribution < -0.4 is 4.90 Å². The van der Waals surface area contributed by atoms with E-state index in [9.17, 15) is 0 Å². The predicted octanol–water partition coefficient (Wildman–Crippen LogP) is 12.3. The summed E-state index contributed by atoms with van der Waals surface area (Å²) in [6.45, 7) is 0. The third-order valence-electron chi connectivity index (χ3n) is 10.5. The van der Waals surface area contributed by atoms with Crippen molar-refractivity contribution in [3.63, 3.8) is 0 Å². The average molecular weight is 639 g/mol. The van der Waals surface area contributed by atoms with Gasteiger partial charge in [-0.05, 0) is 93.0 Å². The number of hydrogen-bond donors (Lipinski definition) is 0. The van der Waals surface area contributed by atoms with Gasteiger partial charge in [0.25, 0.3) is 0 Å². The SMILES string of the molecule is C1=CC2C(c3ccccc3N2c2ccc(-c3cccc(-c4ccccc4)c3)cc2)c2c1n(-c1cccc(-c3ccccc3)c1)c1ccccc21. The number of fused-ring (bicyclic) bond motifs is 7. The molecule has 0 bridgehead atoms. The number of anilines is 2. The van der Waals surface area contributed by atoms with E-state index >= 15 is 0 Å². The van der Waals surface area contributed by atoms with Crippen molar-refractivity contribution in [2.24, 2.45) is 0 Å². The molecule has 0 fully saturated rings. The molecule has 8 aromatic rings. The minimum atomic E-state index is 0.169. The lowest BCUT2D eigenvalue weighted by atomic mass is 9.82. The predicted molar refractivity (Wildman–Crippen MR) is 209 cm³/mol. The lowest BCUT2D eigenvalue weighted by Gasteiger charge is -2.31. The van der Waals surface area contributed by atoms with Crippen LogP contribution in [-0.2, 0) is 0 Å². The molecular weight excluding hydrogens is 605 g/mol. The van der Waals surface area contributed by atoms with Crippen molar-refractivity contribution in [1.29, 1.82) is 0 Å². The molecule has 0 saturated carbocycles. The lowest BCUT2D eigenvalue weighted by molar-refractivity contribution is 0.725. The highest BCUT2D eigenvalue weighted by atomic mass is 15.2. The first-order valence-corrected chi connectivity index (χ1v) is 17.4. The fourth-order valence-electron chi connectivity index (χ4n) is 8.32. The summed E-state index contributed by atoms with van der Waals surface area (Å²) in [5, 5.41) is 1.32. The molecule has 1 aliphatic carbocycles. The second kappa shape index (κ2) is 11.6. The summed E-state index contributed by atoms with van der Waals surface area (Å²) in [4.78, 5) is 2.55. The normalized spacial score (nSPS) is 15.9. The van der Waals surface area contributed by atoms with Crippen LogP contribution in [-0.4, -0.2) is 10.6 Å². The molecule has 0 N–H and O–H groups in total. The zero-order valence-electron chi connectivity index (χ0n) is 27.5. The topological polar surface area (TPSA) is 8.17 Å². The standard InChI is InChI=1S/C48H34N2/c1-3-13-33(14-4-1)36-17-11-18-37(31-36)35-25-27-39(28-26-35)49-43-23-9-7-21-41(43)47-45(49)29-30-46-48(47)42-22-8-10-24-44(42)50(46)40-20-12-19-38(32-40)34-15-5-2-6-16-34/h1-32,45,47H. The molecule has 2 nitrogen and oxygen atoms in total. The number of para-hydroxylation sites is 2. The Morgan fingerprint density at radius 3 is 1.74 bits per heavy atom. The second-order valence-corrected chi connectivity index (χ2v) is 13.3. The van der Waals surface area contributed by atoms with E-state index in [0.29, 0.717) is 0 Å². The van der Waals surface area contributed by atoms with E-state index in [1.807, 2.05) is 0 Å². The monoisotopic (exact) mass is 638 g/mol. The summed E-state index contributed by atoms with van der Waals surface area (Å²) in [6, 6.07) is 66.3. The molecule has 0 radical (unpaired) electrons. The van der Waals surface area contributed by atoms with Crippen LogP contribution in [0.1, 0.15) is 22.7 Å². The number of rotatable bonds is 5. The maximum atomic E-state index is 2.55. The summed E-state index contributed by atoms with van der Waals surface area (Å²) < 4.78 is 2.47. The number of hydrogen-bond acceptors (Lipinski definition) is 1. The number of aromatic nitrogens is 1. The Kier molecular flexibility index (Phi) is 6.67. The van der Waals surface area contributed by atoms with Crippen LogP contribution in [0.15, 0.2) is 188 Å². The molecule has 0 spiro atoms. The summed E-state index contributed by atoms with van der Waals surface area (Å²) in [6.07, 6.45) is 4.80. The molecule has 50 heavy (non-hydrogen) atoms. The molecule has 0 amide bonds. The fourth-order valence-corrected chi connectivity index (χ4v) is 8.32. The average Bonchev–Trinajstić information content (AvgIpc) is 3.72. The van der Waals surface area contributed by atoms with Gasteiger partial charge in [-0.15, -0.1) is 0 Å². The summed E-state index contributed by atoms with van der Waals surface area (Å²) in [5.41, 5.74) is 16.3. The molecule has 1 aliphatic heterocycles. The van der Waals surface area contributed by atoms with Gasteiger partial charge in [-0.1, -0.05) is 146 Å². The van der Waals surface area contributed by atoms with Gasteiger partial charge in [-0.3, -0.25) is 0 Å². The first-order chi connectivity index (χ1) is 24.8. The largest absolute Gasteiger partial charge is 0.333 e. The second-order valence-electron chi connectivity index (χ2n) is 13.3. The molecule has 2 unspecified atom stereocenters. The Morgan fingerprint density at radius 1 is 0.420 bits per heavy atom. The minimum Gasteiger partial charge on any atom is -0.333 e. The molecule has 236 valence electrons. The van der Waals surface area contributed by atoms with E-state index in [0.717, 1.165) is 0 Å². The highest BCUT2D eigenvalue weighted by Gasteiger charge is 2.43. The zero-order valence-corrected chi connectivity index (χ0v) is 27.5. The van der Waals surface area contributed by atoms with Gasteiger partial charge in [0.05, 0.1) is 17.3 Å². The molecule has 7 aromatic carbocycles. The fraction of sp³-hybridized carbons (Fsp3) is 0.0417. The van der Waals surface area contributed by atoms with Gasteiger partial charge in [0.15, 0.2) is 0 Å². The molecule has 2 heterocycles. The Bertz CT molecular complexity index is 2540. The molecule has 2 atom stereocenters. The summed E-state index contributed by atoms with van der Waals surface area (Å²) in [7, 11) is 0. The Hall–Kier alpha value is -6.38. The van der Waals surface area contributed by atoms with E-state index in [4.69, 9.17) is 0 Å². The van der Waals surface area contributed by atoms with E-state index < -0.39 is 0 Å². The van der Waals surface area contributed by atoms with Gasteiger partial charge in [-0.25, -0.2) is 0 Å². The van der Waals surface area contributed by atoms with Crippen LogP contribution in [0.5, 0.6) is 0 Å². The van der Waals surface area contributed by atoms with E-state index in [-0.39, 0.29) is 12.0 Å². The molecule has 2 heteroatoms. The Balaban J connectivity index is 1.07. The first kappa shape index (κ1) is 28.6. The van der Waals surface area contributed by atoms with E-state index in [1.165, 1.54) is 78.2 Å². The Morgan fingerprint density at radius 2 is 1.00 bits per heavy atom. The lowest BCUT2D eigenvalue weighted by Crippen LogP contribution is -2.30. The van der Waals surface area contributed by atoms with Crippen LogP contribution in [0.25, 0.3) is 56.0 Å². The molecule has 10 rings (SSSR count). The number of nitrogens with zero attached hydrogens (tertiary/aromatic N) is 2. The molecule has 1 aromatic heterocycles. The first-order valence-electron chi connectivity index (χ1n) is 17.4. The highest BCUT2D eigenvalue weighted by Crippen LogP contribution is 2.54. The molecule has 0 saturated heterocycles. The smallest absolute Gasteiger partial charge is 0.0637 e. The molecular formula is C48H34N2.